The van der Waals surface area contributed by atoms with Gasteiger partial charge in [0.25, 0.3) is 5.91 Å². The highest BCUT2D eigenvalue weighted by Gasteiger charge is 2.09. The van der Waals surface area contributed by atoms with Gasteiger partial charge in [-0.15, -0.1) is 0 Å². The summed E-state index contributed by atoms with van der Waals surface area (Å²) in [6.07, 6.45) is 1.39. The fourth-order valence-corrected chi connectivity index (χ4v) is 1.83. The van der Waals surface area contributed by atoms with Crippen LogP contribution in [0.1, 0.15) is 5.56 Å². The van der Waals surface area contributed by atoms with Crippen LogP contribution >= 0.6 is 0 Å². The molecule has 0 atom stereocenters. The molecular weight excluding hydrogens is 290 g/mol. The van der Waals surface area contributed by atoms with Crippen molar-refractivity contribution in [1.82, 2.24) is 0 Å². The number of benzene rings is 2. The van der Waals surface area contributed by atoms with Crippen LogP contribution in [-0.4, -0.2) is 13.0 Å². The minimum Gasteiger partial charge on any atom is -0.497 e. The number of methoxy groups -OCH3 is 1. The Morgan fingerprint density at radius 3 is 2.26 bits per heavy atom. The number of aryl methyl sites for hydroxylation is 1. The second-order valence-corrected chi connectivity index (χ2v) is 4.86. The Balaban J connectivity index is 2.03. The van der Waals surface area contributed by atoms with Gasteiger partial charge in [-0.25, -0.2) is 0 Å². The summed E-state index contributed by atoms with van der Waals surface area (Å²) in [6, 6.07) is 16.4. The van der Waals surface area contributed by atoms with Crippen molar-refractivity contribution in [2.45, 2.75) is 6.92 Å². The van der Waals surface area contributed by atoms with E-state index >= 15 is 0 Å². The molecule has 2 rings (SSSR count). The number of nitriles is 1. The summed E-state index contributed by atoms with van der Waals surface area (Å²) in [7, 11) is 1.57. The Kier molecular flexibility index (Phi) is 5.37. The van der Waals surface area contributed by atoms with Crippen molar-refractivity contribution in [1.29, 1.82) is 5.26 Å². The number of ether oxygens (including phenoxy) is 1. The van der Waals surface area contributed by atoms with Gasteiger partial charge in [-0.05, 0) is 43.3 Å². The molecule has 1 amide bonds. The third-order valence-corrected chi connectivity index (χ3v) is 3.15. The van der Waals surface area contributed by atoms with Gasteiger partial charge in [0.15, 0.2) is 0 Å². The monoisotopic (exact) mass is 307 g/mol. The first-order valence-corrected chi connectivity index (χ1v) is 7.01. The van der Waals surface area contributed by atoms with Gasteiger partial charge in [-0.3, -0.25) is 4.79 Å². The predicted octanol–water partition coefficient (Wildman–Crippen LogP) is 3.46. The molecule has 2 N–H and O–H groups in total. The first kappa shape index (κ1) is 16.1. The molecule has 0 aliphatic heterocycles. The lowest BCUT2D eigenvalue weighted by Crippen LogP contribution is -2.14. The zero-order valence-corrected chi connectivity index (χ0v) is 13.0. The van der Waals surface area contributed by atoms with Crippen molar-refractivity contribution in [3.05, 3.63) is 65.9 Å². The van der Waals surface area contributed by atoms with Crippen LogP contribution in [0.2, 0.25) is 0 Å². The summed E-state index contributed by atoms with van der Waals surface area (Å²) in [5, 5.41) is 14.7. The van der Waals surface area contributed by atoms with Gasteiger partial charge in [-0.2, -0.15) is 5.26 Å². The molecule has 0 aliphatic carbocycles. The van der Waals surface area contributed by atoms with Gasteiger partial charge in [0, 0.05) is 17.6 Å². The van der Waals surface area contributed by atoms with Crippen LogP contribution in [0.3, 0.4) is 0 Å². The Labute approximate surface area is 135 Å². The van der Waals surface area contributed by atoms with E-state index in [1.54, 1.807) is 31.4 Å². The molecule has 5 heteroatoms. The highest BCUT2D eigenvalue weighted by atomic mass is 16.5. The number of hydrogen-bond acceptors (Lipinski definition) is 4. The standard InChI is InChI=1S/C18H17N3O2/c1-13-3-5-15(6-4-13)20-12-14(11-19)18(22)21-16-7-9-17(23-2)10-8-16/h3-10,12,20H,1-2H3,(H,21,22)/b14-12-. The highest BCUT2D eigenvalue weighted by Crippen LogP contribution is 2.16. The van der Waals surface area contributed by atoms with E-state index in [0.717, 1.165) is 11.3 Å². The summed E-state index contributed by atoms with van der Waals surface area (Å²) >= 11 is 0. The third-order valence-electron chi connectivity index (χ3n) is 3.15. The van der Waals surface area contributed by atoms with Gasteiger partial charge in [0.1, 0.15) is 17.4 Å². The number of rotatable bonds is 5. The first-order chi connectivity index (χ1) is 11.1. The number of carbonyl (C=O) groups is 1. The lowest BCUT2D eigenvalue weighted by molar-refractivity contribution is -0.112. The van der Waals surface area contributed by atoms with Crippen molar-refractivity contribution < 1.29 is 9.53 Å². The molecule has 0 radical (unpaired) electrons. The Hall–Kier alpha value is -3.26. The molecule has 0 spiro atoms. The zero-order valence-electron chi connectivity index (χ0n) is 13.0. The number of nitrogens with one attached hydrogen (secondary N) is 2. The van der Waals surface area contributed by atoms with E-state index in [0.29, 0.717) is 11.4 Å². The number of carbonyl (C=O) groups excluding carboxylic acids is 1. The molecule has 0 saturated heterocycles. The molecule has 0 unspecified atom stereocenters. The summed E-state index contributed by atoms with van der Waals surface area (Å²) in [5.41, 5.74) is 2.52. The van der Waals surface area contributed by atoms with E-state index in [2.05, 4.69) is 10.6 Å². The van der Waals surface area contributed by atoms with Crippen LogP contribution in [0.15, 0.2) is 60.3 Å². The van der Waals surface area contributed by atoms with Crippen molar-refractivity contribution >= 4 is 17.3 Å². The number of amides is 1. The van der Waals surface area contributed by atoms with Gasteiger partial charge in [-0.1, -0.05) is 17.7 Å². The molecule has 0 bridgehead atoms. The van der Waals surface area contributed by atoms with Crippen molar-refractivity contribution in [2.75, 3.05) is 17.7 Å². The number of anilines is 2. The summed E-state index contributed by atoms with van der Waals surface area (Å²) < 4.78 is 5.05. The Bertz CT molecular complexity index is 741. The molecule has 0 aliphatic rings. The lowest BCUT2D eigenvalue weighted by Gasteiger charge is -2.06. The molecule has 0 saturated carbocycles. The van der Waals surface area contributed by atoms with Crippen molar-refractivity contribution in [3.8, 4) is 11.8 Å². The van der Waals surface area contributed by atoms with Gasteiger partial charge < -0.3 is 15.4 Å². The SMILES string of the molecule is COc1ccc(NC(=O)/C(C#N)=C\Nc2ccc(C)cc2)cc1. The predicted molar refractivity (Wildman–Crippen MR) is 90.1 cm³/mol. The van der Waals surface area contributed by atoms with Crippen molar-refractivity contribution in [2.24, 2.45) is 0 Å². The lowest BCUT2D eigenvalue weighted by atomic mass is 10.2. The zero-order chi connectivity index (χ0) is 16.7. The molecule has 2 aromatic rings. The van der Waals surface area contributed by atoms with Crippen LogP contribution in [-0.2, 0) is 4.79 Å². The normalized spacial score (nSPS) is 10.6. The molecule has 0 heterocycles. The van der Waals surface area contributed by atoms with Gasteiger partial charge in [0.05, 0.1) is 7.11 Å². The van der Waals surface area contributed by atoms with E-state index in [-0.39, 0.29) is 5.57 Å². The molecule has 0 aromatic heterocycles. The van der Waals surface area contributed by atoms with Gasteiger partial charge >= 0.3 is 0 Å². The molecule has 5 nitrogen and oxygen atoms in total. The van der Waals surface area contributed by atoms with E-state index in [1.165, 1.54) is 6.20 Å². The largest absolute Gasteiger partial charge is 0.497 e. The third kappa shape index (κ3) is 4.61. The maximum atomic E-state index is 12.1. The Morgan fingerprint density at radius 2 is 1.70 bits per heavy atom. The van der Waals surface area contributed by atoms with Crippen LogP contribution in [0.5, 0.6) is 5.75 Å². The summed E-state index contributed by atoms with van der Waals surface area (Å²) in [4.78, 5) is 12.1. The van der Waals surface area contributed by atoms with Crippen LogP contribution in [0, 0.1) is 18.3 Å². The average molecular weight is 307 g/mol. The molecule has 2 aromatic carbocycles. The van der Waals surface area contributed by atoms with Gasteiger partial charge in [0.2, 0.25) is 0 Å². The maximum absolute atomic E-state index is 12.1. The molecule has 0 fully saturated rings. The number of hydrogen-bond donors (Lipinski definition) is 2. The maximum Gasteiger partial charge on any atom is 0.267 e. The fraction of sp³-hybridized carbons (Fsp3) is 0.111. The summed E-state index contributed by atoms with van der Waals surface area (Å²) in [6.45, 7) is 1.99. The first-order valence-electron chi connectivity index (χ1n) is 7.01. The molecule has 116 valence electrons. The minimum atomic E-state index is -0.475. The number of nitrogens with zero attached hydrogens (tertiary/aromatic N) is 1. The molecule has 23 heavy (non-hydrogen) atoms. The fourth-order valence-electron chi connectivity index (χ4n) is 1.83. The quantitative estimate of drug-likeness (QED) is 0.655. The second kappa shape index (κ2) is 7.66. The van der Waals surface area contributed by atoms with E-state index in [1.807, 2.05) is 37.3 Å². The van der Waals surface area contributed by atoms with Crippen LogP contribution < -0.4 is 15.4 Å². The van der Waals surface area contributed by atoms with E-state index < -0.39 is 5.91 Å². The van der Waals surface area contributed by atoms with Crippen LogP contribution in [0.25, 0.3) is 0 Å². The Morgan fingerprint density at radius 1 is 1.09 bits per heavy atom. The minimum absolute atomic E-state index is 0.0126. The smallest absolute Gasteiger partial charge is 0.267 e. The highest BCUT2D eigenvalue weighted by molar-refractivity contribution is 6.06. The van der Waals surface area contributed by atoms with E-state index in [9.17, 15) is 4.79 Å². The van der Waals surface area contributed by atoms with E-state index in [4.69, 9.17) is 10.00 Å². The second-order valence-electron chi connectivity index (χ2n) is 4.86. The van der Waals surface area contributed by atoms with Crippen molar-refractivity contribution in [3.63, 3.8) is 0 Å². The van der Waals surface area contributed by atoms with Crippen LogP contribution in [0.4, 0.5) is 11.4 Å². The average Bonchev–Trinajstić information content (AvgIpc) is 2.58. The topological polar surface area (TPSA) is 74.1 Å². The molecular formula is C18H17N3O2. The summed E-state index contributed by atoms with van der Waals surface area (Å²) in [5.74, 6) is 0.220.